The summed E-state index contributed by atoms with van der Waals surface area (Å²) in [5.74, 6) is 0. The van der Waals surface area contributed by atoms with Gasteiger partial charge in [-0.25, -0.2) is 4.92 Å². The highest BCUT2D eigenvalue weighted by atomic mass is 15.7. The van der Waals surface area contributed by atoms with E-state index in [0.29, 0.717) is 6.85 Å². The third kappa shape index (κ3) is 2.29. The summed E-state index contributed by atoms with van der Waals surface area (Å²) in [6, 6.07) is 10.8. The molecule has 0 radical (unpaired) electrons. The molecule has 0 saturated carbocycles. The molecule has 0 amide bonds. The van der Waals surface area contributed by atoms with Gasteiger partial charge in [-0.1, -0.05) is 49.8 Å². The van der Waals surface area contributed by atoms with Gasteiger partial charge in [0.05, 0.1) is 12.4 Å². The van der Waals surface area contributed by atoms with E-state index in [9.17, 15) is 0 Å². The van der Waals surface area contributed by atoms with Crippen LogP contribution in [0.2, 0.25) is 6.82 Å². The number of aryl methyl sites for hydroxylation is 1. The topological polar surface area (TPSA) is 12.1 Å². The van der Waals surface area contributed by atoms with Crippen molar-refractivity contribution in [2.45, 2.75) is 27.6 Å². The summed E-state index contributed by atoms with van der Waals surface area (Å²) >= 11 is 0. The normalized spacial score (nSPS) is 15.0. The van der Waals surface area contributed by atoms with Crippen molar-refractivity contribution in [3.05, 3.63) is 54.5 Å². The summed E-state index contributed by atoms with van der Waals surface area (Å²) < 4.78 is 2.10. The van der Waals surface area contributed by atoms with E-state index in [1.165, 1.54) is 16.6 Å². The summed E-state index contributed by atoms with van der Waals surface area (Å²) in [5.41, 5.74) is 4.26. The van der Waals surface area contributed by atoms with Crippen molar-refractivity contribution >= 4 is 17.9 Å². The molecule has 21 heavy (non-hydrogen) atoms. The van der Waals surface area contributed by atoms with Crippen molar-refractivity contribution in [2.24, 2.45) is 12.5 Å². The molecular formula is C17H23BN3+. The number of hydrogen-bond donors (Lipinski definition) is 0. The van der Waals surface area contributed by atoms with E-state index in [-0.39, 0.29) is 5.41 Å². The second-order valence-electron chi connectivity index (χ2n) is 6.82. The lowest BCUT2D eigenvalue weighted by molar-refractivity contribution is -0.751. The molecule has 0 aliphatic carbocycles. The molecule has 0 N–H and O–H groups in total. The van der Waals surface area contributed by atoms with Gasteiger partial charge in [-0.15, -0.1) is 0 Å². The molecule has 0 fully saturated rings. The lowest BCUT2D eigenvalue weighted by Gasteiger charge is -2.33. The zero-order chi connectivity index (χ0) is 15.2. The van der Waals surface area contributed by atoms with E-state index < -0.39 is 0 Å². The quantitative estimate of drug-likeness (QED) is 0.576. The van der Waals surface area contributed by atoms with Gasteiger partial charge >= 0.3 is 6.85 Å². The summed E-state index contributed by atoms with van der Waals surface area (Å²) in [6.45, 7) is 9.40. The van der Waals surface area contributed by atoms with Crippen LogP contribution in [0.25, 0.3) is 5.57 Å². The summed E-state index contributed by atoms with van der Waals surface area (Å²) in [6.07, 6.45) is 6.46. The Morgan fingerprint density at radius 1 is 1.10 bits per heavy atom. The smallest absolute Gasteiger partial charge is 0.221 e. The highest BCUT2D eigenvalue weighted by Crippen LogP contribution is 2.35. The molecular weight excluding hydrogens is 257 g/mol. The van der Waals surface area contributed by atoms with Crippen molar-refractivity contribution in [3.8, 4) is 0 Å². The third-order valence-electron chi connectivity index (χ3n) is 4.25. The predicted octanol–water partition coefficient (Wildman–Crippen LogP) is 2.18. The molecule has 1 aliphatic heterocycles. The second kappa shape index (κ2) is 4.80. The van der Waals surface area contributed by atoms with Gasteiger partial charge in [0.25, 0.3) is 0 Å². The van der Waals surface area contributed by atoms with Crippen molar-refractivity contribution in [3.63, 3.8) is 0 Å². The minimum absolute atomic E-state index is 0.111. The number of nitrogens with zero attached hydrogens (tertiary/aromatic N) is 3. The van der Waals surface area contributed by atoms with Crippen molar-refractivity contribution in [1.82, 2.24) is 4.79 Å². The van der Waals surface area contributed by atoms with E-state index >= 15 is 0 Å². The van der Waals surface area contributed by atoms with Crippen LogP contribution in [-0.2, 0) is 7.05 Å². The SMILES string of the molecule is CB1c2ccccc2C(C(C)(C)C)=CN1n1ccc[n+]1C. The molecule has 0 atom stereocenters. The molecule has 3 rings (SSSR count). The Labute approximate surface area is 127 Å². The van der Waals surface area contributed by atoms with Gasteiger partial charge in [0.2, 0.25) is 0 Å². The third-order valence-corrected chi connectivity index (χ3v) is 4.25. The average molecular weight is 280 g/mol. The van der Waals surface area contributed by atoms with Crippen LogP contribution in [-0.4, -0.2) is 11.6 Å². The number of allylic oxidation sites excluding steroid dienone is 1. The molecule has 0 unspecified atom stereocenters. The van der Waals surface area contributed by atoms with Gasteiger partial charge in [0.15, 0.2) is 0 Å². The lowest BCUT2D eigenvalue weighted by Crippen LogP contribution is -2.59. The Morgan fingerprint density at radius 2 is 1.81 bits per heavy atom. The highest BCUT2D eigenvalue weighted by molar-refractivity contribution is 6.76. The molecule has 3 nitrogen and oxygen atoms in total. The van der Waals surface area contributed by atoms with Gasteiger partial charge in [-0.05, 0) is 23.3 Å². The fourth-order valence-corrected chi connectivity index (χ4v) is 3.05. The van der Waals surface area contributed by atoms with Gasteiger partial charge in [-0.2, -0.15) is 4.68 Å². The molecule has 108 valence electrons. The van der Waals surface area contributed by atoms with Crippen molar-refractivity contribution in [1.29, 1.82) is 0 Å². The van der Waals surface area contributed by atoms with E-state index in [1.807, 2.05) is 0 Å². The van der Waals surface area contributed by atoms with Crippen LogP contribution in [0.4, 0.5) is 0 Å². The van der Waals surface area contributed by atoms with E-state index in [0.717, 1.165) is 0 Å². The van der Waals surface area contributed by atoms with Crippen LogP contribution in [0.3, 0.4) is 0 Å². The fourth-order valence-electron chi connectivity index (χ4n) is 3.05. The maximum Gasteiger partial charge on any atom is 0.432 e. The first kappa shape index (κ1) is 14.0. The van der Waals surface area contributed by atoms with E-state index in [1.54, 1.807) is 0 Å². The number of benzene rings is 1. The molecule has 2 aromatic rings. The van der Waals surface area contributed by atoms with Crippen LogP contribution in [0.15, 0.2) is 48.9 Å². The zero-order valence-corrected chi connectivity index (χ0v) is 13.5. The number of hydrogen-bond acceptors (Lipinski definition) is 1. The Hall–Kier alpha value is -1.97. The summed E-state index contributed by atoms with van der Waals surface area (Å²) in [4.78, 5) is 4.47. The van der Waals surface area contributed by atoms with E-state index in [2.05, 4.69) is 98.0 Å². The first-order chi connectivity index (χ1) is 9.89. The van der Waals surface area contributed by atoms with Gasteiger partial charge in [0.1, 0.15) is 13.2 Å². The van der Waals surface area contributed by atoms with E-state index in [4.69, 9.17) is 0 Å². The standard InChI is InChI=1S/C17H23BN3/c1-17(2,3)15-13-20(21-12-8-11-19(21)5)18(4)16-10-7-6-9-14(15)16/h6-13H,1-5H3/q+1. The maximum atomic E-state index is 2.31. The molecule has 0 saturated heterocycles. The maximum absolute atomic E-state index is 2.31. The Kier molecular flexibility index (Phi) is 3.20. The fraction of sp³-hybridized carbons (Fsp3) is 0.353. The molecule has 1 aromatic heterocycles. The first-order valence-electron chi connectivity index (χ1n) is 7.53. The number of rotatable bonds is 1. The Morgan fingerprint density at radius 3 is 2.43 bits per heavy atom. The molecule has 1 aromatic carbocycles. The lowest BCUT2D eigenvalue weighted by atomic mass is 9.53. The Bertz CT molecular complexity index is 694. The van der Waals surface area contributed by atoms with Crippen molar-refractivity contribution < 1.29 is 4.68 Å². The molecule has 1 aliphatic rings. The second-order valence-corrected chi connectivity index (χ2v) is 6.82. The van der Waals surface area contributed by atoms with Crippen LogP contribution < -0.4 is 15.1 Å². The van der Waals surface area contributed by atoms with Crippen LogP contribution >= 0.6 is 0 Å². The average Bonchev–Trinajstić information content (AvgIpc) is 2.84. The minimum Gasteiger partial charge on any atom is -0.221 e. The minimum atomic E-state index is 0.111. The Balaban J connectivity index is 2.20. The number of fused-ring (bicyclic) bond motifs is 1. The highest BCUT2D eigenvalue weighted by Gasteiger charge is 2.38. The molecule has 0 spiro atoms. The molecule has 4 heteroatoms. The van der Waals surface area contributed by atoms with Crippen LogP contribution in [0.1, 0.15) is 26.3 Å². The predicted molar refractivity (Wildman–Crippen MR) is 89.0 cm³/mol. The summed E-state index contributed by atoms with van der Waals surface area (Å²) in [7, 11) is 2.07. The van der Waals surface area contributed by atoms with Gasteiger partial charge in [-0.3, -0.25) is 0 Å². The van der Waals surface area contributed by atoms with Crippen LogP contribution in [0.5, 0.6) is 0 Å². The van der Waals surface area contributed by atoms with Crippen molar-refractivity contribution in [2.75, 3.05) is 4.92 Å². The number of aromatic nitrogens is 2. The van der Waals surface area contributed by atoms with Crippen LogP contribution in [0, 0.1) is 5.41 Å². The largest absolute Gasteiger partial charge is 0.432 e. The zero-order valence-electron chi connectivity index (χ0n) is 13.5. The molecule has 2 heterocycles. The first-order valence-corrected chi connectivity index (χ1v) is 7.53. The van der Waals surface area contributed by atoms with Gasteiger partial charge < -0.3 is 0 Å². The molecule has 0 bridgehead atoms. The van der Waals surface area contributed by atoms with Gasteiger partial charge in [0, 0.05) is 11.6 Å². The monoisotopic (exact) mass is 280 g/mol. The summed E-state index contributed by atoms with van der Waals surface area (Å²) in [5, 5.41) is 0.